The van der Waals surface area contributed by atoms with Gasteiger partial charge in [0.2, 0.25) is 5.91 Å². The molecule has 2 rings (SSSR count). The molecule has 0 fully saturated rings. The van der Waals surface area contributed by atoms with E-state index >= 15 is 0 Å². The predicted octanol–water partition coefficient (Wildman–Crippen LogP) is 3.85. The maximum Gasteiger partial charge on any atom is 0.225 e. The number of aryl methyl sites for hydroxylation is 1. The lowest BCUT2D eigenvalue weighted by atomic mass is 9.93. The van der Waals surface area contributed by atoms with Crippen molar-refractivity contribution in [2.75, 3.05) is 0 Å². The van der Waals surface area contributed by atoms with Crippen LogP contribution in [0.25, 0.3) is 11.0 Å². The number of amides is 1. The summed E-state index contributed by atoms with van der Waals surface area (Å²) in [6.45, 7) is 6.08. The summed E-state index contributed by atoms with van der Waals surface area (Å²) in [4.78, 5) is 12.3. The van der Waals surface area contributed by atoms with Gasteiger partial charge in [-0.2, -0.15) is 0 Å². The normalized spacial score (nSPS) is 11.4. The van der Waals surface area contributed by atoms with Crippen LogP contribution in [-0.4, -0.2) is 11.4 Å². The Kier molecular flexibility index (Phi) is 4.92. The summed E-state index contributed by atoms with van der Waals surface area (Å²) in [6.07, 6.45) is 9.94. The van der Waals surface area contributed by atoms with Gasteiger partial charge in [0.15, 0.2) is 0 Å². The molecule has 0 atom stereocenters. The van der Waals surface area contributed by atoms with Crippen LogP contribution in [0.1, 0.15) is 44.7 Å². The lowest BCUT2D eigenvalue weighted by molar-refractivity contribution is -0.121. The van der Waals surface area contributed by atoms with E-state index in [1.165, 1.54) is 5.56 Å². The summed E-state index contributed by atoms with van der Waals surface area (Å²) >= 11 is 0. The molecule has 1 heterocycles. The fraction of sp³-hybridized carbons (Fsp3) is 0.421. The number of benzene rings is 1. The second kappa shape index (κ2) is 6.70. The van der Waals surface area contributed by atoms with E-state index in [9.17, 15) is 4.79 Å². The van der Waals surface area contributed by atoms with Crippen molar-refractivity contribution < 1.29 is 9.21 Å². The van der Waals surface area contributed by atoms with E-state index in [0.717, 1.165) is 35.8 Å². The zero-order valence-electron chi connectivity index (χ0n) is 13.5. The minimum Gasteiger partial charge on any atom is -0.464 e. The minimum atomic E-state index is -0.550. The zero-order valence-corrected chi connectivity index (χ0v) is 13.5. The highest BCUT2D eigenvalue weighted by Crippen LogP contribution is 2.23. The number of fused-ring (bicyclic) bond motifs is 1. The molecule has 116 valence electrons. The first-order chi connectivity index (χ1) is 10.6. The SMILES string of the molecule is C#CC(CC)(CC)NC(=O)Cc1coc2cc(CC)ccc12. The summed E-state index contributed by atoms with van der Waals surface area (Å²) in [5.74, 6) is 2.66. The molecule has 1 aromatic carbocycles. The van der Waals surface area contributed by atoms with Crippen molar-refractivity contribution in [2.45, 2.75) is 52.0 Å². The highest BCUT2D eigenvalue weighted by atomic mass is 16.3. The number of furan rings is 1. The molecule has 3 heteroatoms. The number of carbonyl (C=O) groups excluding carboxylic acids is 1. The van der Waals surface area contributed by atoms with Gasteiger partial charge in [-0.1, -0.05) is 38.8 Å². The van der Waals surface area contributed by atoms with Gasteiger partial charge >= 0.3 is 0 Å². The van der Waals surface area contributed by atoms with E-state index < -0.39 is 5.54 Å². The second-order valence-electron chi connectivity index (χ2n) is 5.60. The Bertz CT molecular complexity index is 702. The molecule has 0 saturated heterocycles. The Balaban J connectivity index is 2.17. The first-order valence-electron chi connectivity index (χ1n) is 7.85. The van der Waals surface area contributed by atoms with Gasteiger partial charge in [0.05, 0.1) is 12.7 Å². The minimum absolute atomic E-state index is 0.0658. The van der Waals surface area contributed by atoms with Gasteiger partial charge in [-0.15, -0.1) is 6.42 Å². The van der Waals surface area contributed by atoms with Crippen LogP contribution >= 0.6 is 0 Å². The van der Waals surface area contributed by atoms with Gasteiger partial charge in [-0.25, -0.2) is 0 Å². The molecule has 0 saturated carbocycles. The van der Waals surface area contributed by atoms with Crippen molar-refractivity contribution in [2.24, 2.45) is 0 Å². The molecule has 0 aliphatic rings. The molecule has 0 spiro atoms. The predicted molar refractivity (Wildman–Crippen MR) is 89.6 cm³/mol. The van der Waals surface area contributed by atoms with Crippen molar-refractivity contribution in [3.05, 3.63) is 35.6 Å². The van der Waals surface area contributed by atoms with Crippen molar-refractivity contribution in [3.63, 3.8) is 0 Å². The van der Waals surface area contributed by atoms with E-state index in [4.69, 9.17) is 10.8 Å². The van der Waals surface area contributed by atoms with E-state index in [1.807, 2.05) is 26.0 Å². The molecular weight excluding hydrogens is 274 g/mol. The largest absolute Gasteiger partial charge is 0.464 e. The van der Waals surface area contributed by atoms with E-state index in [0.29, 0.717) is 0 Å². The topological polar surface area (TPSA) is 42.2 Å². The molecule has 1 N–H and O–H groups in total. The molecule has 2 aromatic rings. The van der Waals surface area contributed by atoms with E-state index in [1.54, 1.807) is 6.26 Å². The van der Waals surface area contributed by atoms with Crippen LogP contribution in [0.4, 0.5) is 0 Å². The zero-order chi connectivity index (χ0) is 16.2. The van der Waals surface area contributed by atoms with Crippen molar-refractivity contribution in [3.8, 4) is 12.3 Å². The third-order valence-corrected chi connectivity index (χ3v) is 4.34. The standard InChI is InChI=1S/C19H23NO2/c1-5-14-9-10-16-15(13-22-17(16)11-14)12-18(21)20-19(6-2,7-3)8-4/h2,9-11,13H,5,7-8,12H2,1,3-4H3,(H,20,21). The van der Waals surface area contributed by atoms with Crippen molar-refractivity contribution in [1.82, 2.24) is 5.32 Å². The summed E-state index contributed by atoms with van der Waals surface area (Å²) in [5.41, 5.74) is 2.40. The monoisotopic (exact) mass is 297 g/mol. The molecule has 3 nitrogen and oxygen atoms in total. The molecule has 0 aliphatic heterocycles. The Morgan fingerprint density at radius 2 is 2.05 bits per heavy atom. The molecule has 22 heavy (non-hydrogen) atoms. The highest BCUT2D eigenvalue weighted by molar-refractivity contribution is 5.88. The van der Waals surface area contributed by atoms with Crippen LogP contribution < -0.4 is 5.32 Å². The summed E-state index contributed by atoms with van der Waals surface area (Å²) in [5, 5.41) is 3.98. The Morgan fingerprint density at radius 3 is 2.64 bits per heavy atom. The van der Waals surface area contributed by atoms with Crippen LogP contribution in [0.2, 0.25) is 0 Å². The smallest absolute Gasteiger partial charge is 0.225 e. The summed E-state index contributed by atoms with van der Waals surface area (Å²) < 4.78 is 5.58. The summed E-state index contributed by atoms with van der Waals surface area (Å²) in [7, 11) is 0. The van der Waals surface area contributed by atoms with Gasteiger partial charge < -0.3 is 9.73 Å². The second-order valence-corrected chi connectivity index (χ2v) is 5.60. The average Bonchev–Trinajstić information content (AvgIpc) is 2.94. The number of rotatable bonds is 6. The van der Waals surface area contributed by atoms with Gasteiger partial charge in [-0.05, 0) is 30.9 Å². The van der Waals surface area contributed by atoms with Gasteiger partial charge in [0, 0.05) is 10.9 Å². The molecular formula is C19H23NO2. The lowest BCUT2D eigenvalue weighted by Crippen LogP contribution is -2.47. The number of hydrogen-bond acceptors (Lipinski definition) is 2. The van der Waals surface area contributed by atoms with Crippen LogP contribution in [0.3, 0.4) is 0 Å². The maximum absolute atomic E-state index is 12.3. The van der Waals surface area contributed by atoms with Crippen molar-refractivity contribution >= 4 is 16.9 Å². The number of hydrogen-bond donors (Lipinski definition) is 1. The van der Waals surface area contributed by atoms with Gasteiger partial charge in [0.1, 0.15) is 11.1 Å². The Labute approximate surface area is 132 Å². The third kappa shape index (κ3) is 3.17. The first-order valence-corrected chi connectivity index (χ1v) is 7.85. The molecule has 0 bridgehead atoms. The summed E-state index contributed by atoms with van der Waals surface area (Å²) in [6, 6.07) is 6.12. The fourth-order valence-corrected chi connectivity index (χ4v) is 2.64. The third-order valence-electron chi connectivity index (χ3n) is 4.34. The number of nitrogens with one attached hydrogen (secondary N) is 1. The molecule has 1 aromatic heterocycles. The van der Waals surface area contributed by atoms with Crippen LogP contribution in [-0.2, 0) is 17.6 Å². The van der Waals surface area contributed by atoms with E-state index in [-0.39, 0.29) is 12.3 Å². The Hall–Kier alpha value is -2.21. The highest BCUT2D eigenvalue weighted by Gasteiger charge is 2.25. The van der Waals surface area contributed by atoms with E-state index in [2.05, 4.69) is 24.2 Å². The Morgan fingerprint density at radius 1 is 1.32 bits per heavy atom. The van der Waals surface area contributed by atoms with Crippen molar-refractivity contribution in [1.29, 1.82) is 0 Å². The molecule has 0 radical (unpaired) electrons. The first kappa shape index (κ1) is 16.2. The molecule has 0 aliphatic carbocycles. The van der Waals surface area contributed by atoms with Gasteiger partial charge in [0.25, 0.3) is 0 Å². The van der Waals surface area contributed by atoms with Crippen LogP contribution in [0.5, 0.6) is 0 Å². The molecule has 0 unspecified atom stereocenters. The molecule has 1 amide bonds. The van der Waals surface area contributed by atoms with Crippen LogP contribution in [0.15, 0.2) is 28.9 Å². The van der Waals surface area contributed by atoms with Crippen LogP contribution in [0, 0.1) is 12.3 Å². The average molecular weight is 297 g/mol. The van der Waals surface area contributed by atoms with Gasteiger partial charge in [-0.3, -0.25) is 4.79 Å². The quantitative estimate of drug-likeness (QED) is 0.823. The number of carbonyl (C=O) groups is 1. The maximum atomic E-state index is 12.3. The lowest BCUT2D eigenvalue weighted by Gasteiger charge is -2.26. The fourth-order valence-electron chi connectivity index (χ4n) is 2.64. The number of terminal acetylenes is 1.